The summed E-state index contributed by atoms with van der Waals surface area (Å²) in [7, 11) is 2.10. The number of urea groups is 1. The summed E-state index contributed by atoms with van der Waals surface area (Å²) in [4.78, 5) is 38.6. The largest absolute Gasteiger partial charge is 0.340 e. The van der Waals surface area contributed by atoms with E-state index in [4.69, 9.17) is 4.98 Å². The number of aromatic nitrogens is 2. The summed E-state index contributed by atoms with van der Waals surface area (Å²) in [6.07, 6.45) is 2.09. The van der Waals surface area contributed by atoms with Gasteiger partial charge in [0.25, 0.3) is 5.56 Å². The molecule has 0 aromatic carbocycles. The molecule has 3 rings (SSSR count). The predicted octanol–water partition coefficient (Wildman–Crippen LogP) is 0.0419. The lowest BCUT2D eigenvalue weighted by atomic mass is 10.1. The summed E-state index contributed by atoms with van der Waals surface area (Å²) in [5.74, 6) is 0.667. The van der Waals surface area contributed by atoms with Gasteiger partial charge >= 0.3 is 6.03 Å². The number of hydrogen-bond acceptors (Lipinski definition) is 5. The highest BCUT2D eigenvalue weighted by molar-refractivity contribution is 5.74. The van der Waals surface area contributed by atoms with Crippen molar-refractivity contribution in [3.05, 3.63) is 21.6 Å². The third-order valence-electron chi connectivity index (χ3n) is 4.96. The summed E-state index contributed by atoms with van der Waals surface area (Å²) in [5, 5.41) is 2.91. The number of amides is 2. The number of anilines is 1. The molecule has 0 unspecified atom stereocenters. The Balaban J connectivity index is 1.73. The molecular formula is C17H28N6O2. The molecule has 8 heteroatoms. The van der Waals surface area contributed by atoms with Crippen molar-refractivity contribution in [3.63, 3.8) is 0 Å². The van der Waals surface area contributed by atoms with Gasteiger partial charge in [0.2, 0.25) is 5.95 Å². The number of likely N-dealkylation sites (N-methyl/N-ethyl adjacent to an activating group) is 1. The van der Waals surface area contributed by atoms with E-state index in [0.29, 0.717) is 38.4 Å². The highest BCUT2D eigenvalue weighted by Crippen LogP contribution is 2.15. The van der Waals surface area contributed by atoms with Crippen LogP contribution >= 0.6 is 0 Å². The molecule has 2 aliphatic rings. The summed E-state index contributed by atoms with van der Waals surface area (Å²) in [6.45, 7) is 7.52. The highest BCUT2D eigenvalue weighted by atomic mass is 16.2. The molecule has 25 heavy (non-hydrogen) atoms. The van der Waals surface area contributed by atoms with Crippen LogP contribution in [-0.2, 0) is 12.8 Å². The molecule has 0 aliphatic carbocycles. The molecule has 138 valence electrons. The van der Waals surface area contributed by atoms with Crippen LogP contribution in [0.4, 0.5) is 10.7 Å². The van der Waals surface area contributed by atoms with Crippen LogP contribution in [0.2, 0.25) is 0 Å². The normalized spacial score (nSPS) is 18.6. The average molecular weight is 348 g/mol. The Morgan fingerprint density at radius 3 is 2.60 bits per heavy atom. The minimum absolute atomic E-state index is 0.0506. The van der Waals surface area contributed by atoms with E-state index >= 15 is 0 Å². The zero-order valence-corrected chi connectivity index (χ0v) is 15.2. The molecule has 1 aromatic heterocycles. The van der Waals surface area contributed by atoms with Crippen LogP contribution in [0.15, 0.2) is 4.79 Å². The van der Waals surface area contributed by atoms with Gasteiger partial charge in [0, 0.05) is 57.8 Å². The second kappa shape index (κ2) is 7.86. The average Bonchev–Trinajstić information content (AvgIpc) is 2.83. The topological polar surface area (TPSA) is 84.6 Å². The fourth-order valence-corrected chi connectivity index (χ4v) is 3.31. The first-order chi connectivity index (χ1) is 12.1. The third-order valence-corrected chi connectivity index (χ3v) is 4.96. The van der Waals surface area contributed by atoms with Gasteiger partial charge in [0.15, 0.2) is 0 Å². The minimum atomic E-state index is -0.0604. The van der Waals surface area contributed by atoms with E-state index in [1.165, 1.54) is 0 Å². The van der Waals surface area contributed by atoms with Gasteiger partial charge in [-0.1, -0.05) is 6.92 Å². The first-order valence-corrected chi connectivity index (χ1v) is 9.17. The van der Waals surface area contributed by atoms with Crippen LogP contribution in [0.25, 0.3) is 0 Å². The van der Waals surface area contributed by atoms with Crippen LogP contribution in [0.5, 0.6) is 0 Å². The molecule has 0 bridgehead atoms. The van der Waals surface area contributed by atoms with Gasteiger partial charge in [-0.05, 0) is 19.9 Å². The first kappa shape index (κ1) is 17.7. The lowest BCUT2D eigenvalue weighted by Crippen LogP contribution is -2.45. The lowest BCUT2D eigenvalue weighted by molar-refractivity contribution is 0.200. The lowest BCUT2D eigenvalue weighted by Gasteiger charge is -2.32. The number of nitrogens with one attached hydrogen (secondary N) is 2. The van der Waals surface area contributed by atoms with Crippen molar-refractivity contribution in [3.8, 4) is 0 Å². The molecule has 3 heterocycles. The molecule has 0 spiro atoms. The fourth-order valence-electron chi connectivity index (χ4n) is 3.31. The number of aromatic amines is 1. The van der Waals surface area contributed by atoms with Gasteiger partial charge in [-0.2, -0.15) is 0 Å². The number of carbonyl (C=O) groups is 1. The smallest absolute Gasteiger partial charge is 0.317 e. The Morgan fingerprint density at radius 1 is 1.16 bits per heavy atom. The molecule has 1 aromatic rings. The second-order valence-corrected chi connectivity index (χ2v) is 6.82. The van der Waals surface area contributed by atoms with Crippen molar-refractivity contribution in [2.24, 2.45) is 0 Å². The maximum absolute atomic E-state index is 12.5. The number of piperazine rings is 1. The zero-order valence-electron chi connectivity index (χ0n) is 15.2. The molecular weight excluding hydrogens is 320 g/mol. The predicted molar refractivity (Wildman–Crippen MR) is 97.2 cm³/mol. The summed E-state index contributed by atoms with van der Waals surface area (Å²) < 4.78 is 0. The number of nitrogens with zero attached hydrogens (tertiary/aromatic N) is 4. The van der Waals surface area contributed by atoms with Gasteiger partial charge in [0.05, 0.1) is 5.69 Å². The molecule has 1 fully saturated rings. The quantitative estimate of drug-likeness (QED) is 0.806. The van der Waals surface area contributed by atoms with Crippen LogP contribution in [-0.4, -0.2) is 78.7 Å². The monoisotopic (exact) mass is 348 g/mol. The van der Waals surface area contributed by atoms with Crippen molar-refractivity contribution < 1.29 is 4.79 Å². The number of fused-ring (bicyclic) bond motifs is 1. The number of carbonyl (C=O) groups excluding carboxylic acids is 1. The zero-order chi connectivity index (χ0) is 17.8. The summed E-state index contributed by atoms with van der Waals surface area (Å²) in [5.41, 5.74) is 1.50. The standard InChI is InChI=1S/C17H28N6O2/c1-3-6-18-17(25)23-7-4-13-14(5-8-23)19-16(20-15(13)24)22-11-9-21(2)10-12-22/h3-12H2,1-2H3,(H,18,25)(H,19,20,24). The van der Waals surface area contributed by atoms with E-state index in [0.717, 1.165) is 43.9 Å². The fraction of sp³-hybridized carbons (Fsp3) is 0.706. The van der Waals surface area contributed by atoms with E-state index in [9.17, 15) is 9.59 Å². The summed E-state index contributed by atoms with van der Waals surface area (Å²) >= 11 is 0. The van der Waals surface area contributed by atoms with Crippen molar-refractivity contribution in [1.82, 2.24) is 25.1 Å². The number of H-pyrrole nitrogens is 1. The van der Waals surface area contributed by atoms with Gasteiger partial charge in [-0.25, -0.2) is 9.78 Å². The van der Waals surface area contributed by atoms with Gasteiger partial charge in [-0.3, -0.25) is 9.78 Å². The van der Waals surface area contributed by atoms with E-state index in [-0.39, 0.29) is 11.6 Å². The SMILES string of the molecule is CCCNC(=O)N1CCc2nc(N3CCN(C)CC3)[nH]c(=O)c2CC1. The summed E-state index contributed by atoms with van der Waals surface area (Å²) in [6, 6.07) is -0.0506. The molecule has 0 saturated carbocycles. The Kier molecular flexibility index (Phi) is 5.57. The van der Waals surface area contributed by atoms with Gasteiger partial charge in [0.1, 0.15) is 0 Å². The number of hydrogen-bond donors (Lipinski definition) is 2. The second-order valence-electron chi connectivity index (χ2n) is 6.82. The third kappa shape index (κ3) is 4.12. The van der Waals surface area contributed by atoms with Crippen LogP contribution in [0.3, 0.4) is 0 Å². The van der Waals surface area contributed by atoms with E-state index in [2.05, 4.69) is 27.1 Å². The van der Waals surface area contributed by atoms with Crippen molar-refractivity contribution in [2.45, 2.75) is 26.2 Å². The van der Waals surface area contributed by atoms with Gasteiger partial charge < -0.3 is 20.0 Å². The minimum Gasteiger partial charge on any atom is -0.340 e. The van der Waals surface area contributed by atoms with Crippen LogP contribution in [0.1, 0.15) is 24.6 Å². The highest BCUT2D eigenvalue weighted by Gasteiger charge is 2.23. The molecule has 2 amide bonds. The van der Waals surface area contributed by atoms with E-state index in [1.54, 1.807) is 4.90 Å². The van der Waals surface area contributed by atoms with E-state index < -0.39 is 0 Å². The Labute approximate surface area is 148 Å². The van der Waals surface area contributed by atoms with Crippen molar-refractivity contribution in [1.29, 1.82) is 0 Å². The van der Waals surface area contributed by atoms with Crippen molar-refractivity contribution >= 4 is 12.0 Å². The molecule has 1 saturated heterocycles. The van der Waals surface area contributed by atoms with Crippen LogP contribution < -0.4 is 15.8 Å². The molecule has 0 radical (unpaired) electrons. The molecule has 8 nitrogen and oxygen atoms in total. The van der Waals surface area contributed by atoms with E-state index in [1.807, 2.05) is 6.92 Å². The first-order valence-electron chi connectivity index (χ1n) is 9.17. The molecule has 0 atom stereocenters. The maximum atomic E-state index is 12.5. The van der Waals surface area contributed by atoms with Crippen molar-refractivity contribution in [2.75, 3.05) is 57.8 Å². The maximum Gasteiger partial charge on any atom is 0.317 e. The Bertz CT molecular complexity index is 666. The molecule has 2 N–H and O–H groups in total. The van der Waals surface area contributed by atoms with Crippen LogP contribution in [0, 0.1) is 0 Å². The molecule has 2 aliphatic heterocycles. The Morgan fingerprint density at radius 2 is 1.88 bits per heavy atom. The Hall–Kier alpha value is -2.09. The van der Waals surface area contributed by atoms with Gasteiger partial charge in [-0.15, -0.1) is 0 Å². The number of rotatable bonds is 3.